The highest BCUT2D eigenvalue weighted by Crippen LogP contribution is 2.25. The van der Waals surface area contributed by atoms with Crippen LogP contribution in [0.15, 0.2) is 58.2 Å². The summed E-state index contributed by atoms with van der Waals surface area (Å²) in [5.41, 5.74) is 3.40. The van der Waals surface area contributed by atoms with Crippen molar-refractivity contribution in [2.75, 3.05) is 0 Å². The number of pyridine rings is 1. The summed E-state index contributed by atoms with van der Waals surface area (Å²) in [6.45, 7) is 2.10. The molecule has 4 rings (SSSR count). The third-order valence-corrected chi connectivity index (χ3v) is 5.60. The number of nitrogens with one attached hydrogen (secondary N) is 1. The van der Waals surface area contributed by atoms with Crippen LogP contribution in [0.25, 0.3) is 11.3 Å². The van der Waals surface area contributed by atoms with Crippen molar-refractivity contribution in [3.05, 3.63) is 71.2 Å². The summed E-state index contributed by atoms with van der Waals surface area (Å²) in [6, 6.07) is 12.9. The fourth-order valence-electron chi connectivity index (χ4n) is 2.88. The molecule has 0 unspecified atom stereocenters. The molecule has 0 atom stereocenters. The second kappa shape index (κ2) is 6.47. The Morgan fingerprint density at radius 2 is 1.96 bits per heavy atom. The van der Waals surface area contributed by atoms with Crippen LogP contribution in [0, 0.1) is 6.92 Å². The van der Waals surface area contributed by atoms with E-state index in [1.165, 1.54) is 0 Å². The van der Waals surface area contributed by atoms with Crippen LogP contribution in [0.2, 0.25) is 0 Å². The lowest BCUT2D eigenvalue weighted by molar-refractivity contribution is 0.398. The van der Waals surface area contributed by atoms with Crippen molar-refractivity contribution >= 4 is 15.1 Å². The Balaban J connectivity index is 1.60. The van der Waals surface area contributed by atoms with Gasteiger partial charge in [0, 0.05) is 29.4 Å². The molecule has 3 heterocycles. The average Bonchev–Trinajstić information content (AvgIpc) is 3.25. The molecule has 1 aromatic carbocycles. The van der Waals surface area contributed by atoms with Crippen LogP contribution < -0.4 is 4.72 Å². The monoisotopic (exact) mass is 368 g/mol. The number of aromatic nitrogens is 2. The van der Waals surface area contributed by atoms with E-state index in [1.54, 1.807) is 25.3 Å². The highest BCUT2D eigenvalue weighted by molar-refractivity contribution is 8.05. The van der Waals surface area contributed by atoms with Crippen molar-refractivity contribution in [2.24, 2.45) is 4.99 Å². The summed E-state index contributed by atoms with van der Waals surface area (Å²) in [7, 11) is -3.77. The third-order valence-electron chi connectivity index (χ3n) is 4.22. The zero-order chi connectivity index (χ0) is 18.1. The van der Waals surface area contributed by atoms with E-state index in [1.807, 2.05) is 30.3 Å². The number of rotatable bonds is 4. The highest BCUT2D eigenvalue weighted by atomic mass is 32.2. The van der Waals surface area contributed by atoms with E-state index in [2.05, 4.69) is 19.9 Å². The van der Waals surface area contributed by atoms with Gasteiger partial charge in [-0.2, -0.15) is 0 Å². The van der Waals surface area contributed by atoms with E-state index in [0.717, 1.165) is 5.56 Å². The lowest BCUT2D eigenvalue weighted by Gasteiger charge is -2.08. The fraction of sp³-hybridized carbons (Fsp3) is 0.167. The molecule has 8 heteroatoms. The molecule has 1 aliphatic rings. The van der Waals surface area contributed by atoms with Crippen LogP contribution >= 0.6 is 0 Å². The second-order valence-electron chi connectivity index (χ2n) is 5.88. The lowest BCUT2D eigenvalue weighted by atomic mass is 10.1. The van der Waals surface area contributed by atoms with Crippen molar-refractivity contribution in [3.8, 4) is 11.3 Å². The number of aryl methyl sites for hydroxylation is 1. The van der Waals surface area contributed by atoms with E-state index < -0.39 is 10.0 Å². The van der Waals surface area contributed by atoms with Gasteiger partial charge in [-0.3, -0.25) is 9.98 Å². The minimum absolute atomic E-state index is 0.0240. The first-order valence-electron chi connectivity index (χ1n) is 8.05. The van der Waals surface area contributed by atoms with E-state index in [9.17, 15) is 8.42 Å². The molecule has 0 amide bonds. The molecule has 1 N–H and O–H groups in total. The molecule has 0 bridgehead atoms. The van der Waals surface area contributed by atoms with Gasteiger partial charge in [0.2, 0.25) is 0 Å². The quantitative estimate of drug-likeness (QED) is 0.763. The van der Waals surface area contributed by atoms with Gasteiger partial charge in [-0.15, -0.1) is 0 Å². The topological polar surface area (TPSA) is 97.5 Å². The summed E-state index contributed by atoms with van der Waals surface area (Å²) < 4.78 is 33.3. The van der Waals surface area contributed by atoms with Gasteiger partial charge in [-0.25, -0.2) is 13.1 Å². The van der Waals surface area contributed by atoms with E-state index >= 15 is 0 Å². The Hall–Kier alpha value is -2.84. The van der Waals surface area contributed by atoms with Crippen molar-refractivity contribution in [2.45, 2.75) is 20.0 Å². The molecule has 1 aliphatic heterocycles. The maximum atomic E-state index is 12.7. The first-order chi connectivity index (χ1) is 12.6. The van der Waals surface area contributed by atoms with Crippen molar-refractivity contribution in [1.82, 2.24) is 14.9 Å². The first kappa shape index (κ1) is 16.6. The maximum absolute atomic E-state index is 12.7. The summed E-state index contributed by atoms with van der Waals surface area (Å²) >= 11 is 0. The van der Waals surface area contributed by atoms with Gasteiger partial charge in [-0.1, -0.05) is 35.5 Å². The molecular weight excluding hydrogens is 352 g/mol. The Kier molecular flexibility index (Phi) is 4.14. The second-order valence-corrected chi connectivity index (χ2v) is 7.56. The SMILES string of the molecule is Cc1onc(-c2ccccc2)c1CNS(=O)(=O)C1=NCc2ncccc21. The van der Waals surface area contributed by atoms with Crippen LogP contribution in [0.5, 0.6) is 0 Å². The van der Waals surface area contributed by atoms with Gasteiger partial charge >= 0.3 is 0 Å². The summed E-state index contributed by atoms with van der Waals surface area (Å²) in [5, 5.41) is 4.09. The minimum atomic E-state index is -3.77. The number of aliphatic imine (C=N–C) groups is 1. The Morgan fingerprint density at radius 3 is 2.77 bits per heavy atom. The zero-order valence-electron chi connectivity index (χ0n) is 14.0. The van der Waals surface area contributed by atoms with Crippen LogP contribution in [-0.4, -0.2) is 23.6 Å². The molecule has 7 nitrogen and oxygen atoms in total. The molecule has 3 aromatic rings. The number of hydrogen-bond acceptors (Lipinski definition) is 6. The van der Waals surface area contributed by atoms with Crippen molar-refractivity contribution in [1.29, 1.82) is 0 Å². The maximum Gasteiger partial charge on any atom is 0.258 e. The van der Waals surface area contributed by atoms with Gasteiger partial charge in [0.25, 0.3) is 10.0 Å². The first-order valence-corrected chi connectivity index (χ1v) is 9.53. The molecule has 0 saturated heterocycles. The molecule has 132 valence electrons. The number of fused-ring (bicyclic) bond motifs is 1. The fourth-order valence-corrected chi connectivity index (χ4v) is 4.06. The van der Waals surface area contributed by atoms with Gasteiger partial charge in [-0.05, 0) is 19.1 Å². The number of benzene rings is 1. The van der Waals surface area contributed by atoms with Crippen LogP contribution in [0.3, 0.4) is 0 Å². The van der Waals surface area contributed by atoms with E-state index in [-0.39, 0.29) is 18.1 Å². The van der Waals surface area contributed by atoms with Crippen LogP contribution in [0.4, 0.5) is 0 Å². The van der Waals surface area contributed by atoms with Gasteiger partial charge in [0.15, 0.2) is 5.04 Å². The normalized spacial score (nSPS) is 13.5. The number of nitrogens with zero attached hydrogens (tertiary/aromatic N) is 3. The lowest BCUT2D eigenvalue weighted by Crippen LogP contribution is -2.30. The standard InChI is InChI=1S/C18H16N4O3S/c1-12-15(17(22-25-12)13-6-3-2-4-7-13)10-21-26(23,24)18-14-8-5-9-19-16(14)11-20-18/h2-9,21H,10-11H2,1H3. The number of hydrogen-bond donors (Lipinski definition) is 1. The molecule has 0 fully saturated rings. The molecule has 2 aromatic heterocycles. The third kappa shape index (κ3) is 2.93. The Morgan fingerprint density at radius 1 is 1.15 bits per heavy atom. The molecule has 0 aliphatic carbocycles. The van der Waals surface area contributed by atoms with Gasteiger partial charge in [0.1, 0.15) is 11.5 Å². The van der Waals surface area contributed by atoms with Crippen molar-refractivity contribution < 1.29 is 12.9 Å². The summed E-state index contributed by atoms with van der Waals surface area (Å²) in [6.07, 6.45) is 1.63. The van der Waals surface area contributed by atoms with Gasteiger partial charge < -0.3 is 4.52 Å². The van der Waals surface area contributed by atoms with Crippen molar-refractivity contribution in [3.63, 3.8) is 0 Å². The summed E-state index contributed by atoms with van der Waals surface area (Å²) in [4.78, 5) is 8.31. The summed E-state index contributed by atoms with van der Waals surface area (Å²) in [5.74, 6) is 0.571. The predicted molar refractivity (Wildman–Crippen MR) is 96.9 cm³/mol. The average molecular weight is 368 g/mol. The molecule has 0 spiro atoms. The largest absolute Gasteiger partial charge is 0.361 e. The Labute approximate surface area is 150 Å². The number of sulfonamides is 1. The zero-order valence-corrected chi connectivity index (χ0v) is 14.8. The molecule has 26 heavy (non-hydrogen) atoms. The highest BCUT2D eigenvalue weighted by Gasteiger charge is 2.28. The Bertz CT molecular complexity index is 1090. The molecule has 0 radical (unpaired) electrons. The van der Waals surface area contributed by atoms with Crippen LogP contribution in [0.1, 0.15) is 22.6 Å². The van der Waals surface area contributed by atoms with E-state index in [4.69, 9.17) is 4.52 Å². The van der Waals surface area contributed by atoms with Gasteiger partial charge in [0.05, 0.1) is 12.2 Å². The smallest absolute Gasteiger partial charge is 0.258 e. The predicted octanol–water partition coefficient (Wildman–Crippen LogP) is 2.42. The molecule has 0 saturated carbocycles. The molecular formula is C18H16N4O3S. The van der Waals surface area contributed by atoms with E-state index in [0.29, 0.717) is 28.3 Å². The minimum Gasteiger partial charge on any atom is -0.361 e. The van der Waals surface area contributed by atoms with Crippen LogP contribution in [-0.2, 0) is 23.1 Å².